The summed E-state index contributed by atoms with van der Waals surface area (Å²) in [5.41, 5.74) is -0.733. The lowest BCUT2D eigenvalue weighted by Gasteiger charge is -2.30. The highest BCUT2D eigenvalue weighted by Gasteiger charge is 2.36. The van der Waals surface area contributed by atoms with Crippen molar-refractivity contribution in [2.45, 2.75) is 36.0 Å². The lowest BCUT2D eigenvalue weighted by molar-refractivity contribution is 0.0949. The monoisotopic (exact) mass is 662 g/mol. The van der Waals surface area contributed by atoms with Crippen LogP contribution in [-0.2, 0) is 16.4 Å². The van der Waals surface area contributed by atoms with Gasteiger partial charge in [-0.05, 0) is 36.8 Å². The Morgan fingerprint density at radius 1 is 1.04 bits per heavy atom. The van der Waals surface area contributed by atoms with Crippen molar-refractivity contribution in [3.8, 4) is 11.5 Å². The Balaban J connectivity index is 0.00000217. The minimum atomic E-state index is -4.53. The summed E-state index contributed by atoms with van der Waals surface area (Å²) in [6.45, 7) is 1.47. The van der Waals surface area contributed by atoms with Crippen LogP contribution in [0.4, 0.5) is 35.2 Å². The fourth-order valence-electron chi connectivity index (χ4n) is 5.60. The smallest absolute Gasteiger partial charge is 0.251 e. The van der Waals surface area contributed by atoms with E-state index in [1.54, 1.807) is 18.5 Å². The number of nitrogens with one attached hydrogen (secondary N) is 1. The van der Waals surface area contributed by atoms with Crippen molar-refractivity contribution >= 4 is 44.0 Å². The number of ether oxygens (including phenoxy) is 2. The highest BCUT2D eigenvalue weighted by atomic mass is 32.2. The van der Waals surface area contributed by atoms with Gasteiger partial charge in [-0.1, -0.05) is 0 Å². The van der Waals surface area contributed by atoms with E-state index in [1.807, 2.05) is 28.0 Å². The van der Waals surface area contributed by atoms with E-state index in [2.05, 4.69) is 15.3 Å². The van der Waals surface area contributed by atoms with Gasteiger partial charge in [0, 0.05) is 44.1 Å². The molecule has 1 amide bonds. The Morgan fingerprint density at radius 3 is 2.70 bits per heavy atom. The Kier molecular flexibility index (Phi) is 8.31. The van der Waals surface area contributed by atoms with Gasteiger partial charge in [0.05, 0.1) is 42.8 Å². The van der Waals surface area contributed by atoms with Crippen molar-refractivity contribution in [2.75, 3.05) is 42.6 Å². The number of pyridine rings is 3. The lowest BCUT2D eigenvalue weighted by atomic mass is 10.2. The third-order valence-corrected chi connectivity index (χ3v) is 9.80. The SMILES string of the molecule is F.O=C(NCc1cc2nc(N3CCOc4cc(N5CC[C@H](F)C5)cnc43)ccc2cn1)c1cc(F)c2c(c1)S(=O)(=O)[C@@H](F)CCO2.[HH]. The fraction of sp³-hybridized carbons (Fsp3) is 0.333. The topological polar surface area (TPSA) is 127 Å². The molecule has 46 heavy (non-hydrogen) atoms. The van der Waals surface area contributed by atoms with Crippen LogP contribution in [0.2, 0.25) is 0 Å². The summed E-state index contributed by atoms with van der Waals surface area (Å²) in [5, 5.41) is 3.35. The molecule has 1 saturated heterocycles. The zero-order valence-electron chi connectivity index (χ0n) is 24.2. The molecule has 16 heteroatoms. The molecule has 7 rings (SSSR count). The normalized spacial score (nSPS) is 20.1. The Morgan fingerprint density at radius 2 is 1.89 bits per heavy atom. The standard InChI is InChI=1S/C30H27F3N6O5S.FH.H2/c31-19-3-5-38(16-19)21-12-24-29(35-15-21)39(6-8-43-24)27-2-1-17-13-34-20(11-23(17)37-27)14-36-30(40)18-9-22(32)28-25(10-18)45(41,42)26(33)4-7-44-28;;/h1-2,9-13,15,19,26H,3-8,14,16H2,(H,36,40);2*1H/t19-,26+;;/m0../s1. The highest BCUT2D eigenvalue weighted by molar-refractivity contribution is 7.92. The number of aromatic nitrogens is 3. The predicted molar refractivity (Wildman–Crippen MR) is 162 cm³/mol. The molecule has 0 bridgehead atoms. The predicted octanol–water partition coefficient (Wildman–Crippen LogP) is 4.42. The minimum Gasteiger partial charge on any atom is -0.489 e. The number of anilines is 3. The molecule has 3 aliphatic heterocycles. The molecule has 3 aromatic heterocycles. The molecule has 0 unspecified atom stereocenters. The number of rotatable bonds is 5. The number of fused-ring (bicyclic) bond motifs is 3. The van der Waals surface area contributed by atoms with E-state index in [0.29, 0.717) is 61.3 Å². The maximum Gasteiger partial charge on any atom is 0.251 e. The van der Waals surface area contributed by atoms with Gasteiger partial charge in [-0.15, -0.1) is 0 Å². The van der Waals surface area contributed by atoms with Gasteiger partial charge in [-0.3, -0.25) is 14.5 Å². The minimum absolute atomic E-state index is 0. The second kappa shape index (κ2) is 12.2. The number of alkyl halides is 2. The van der Waals surface area contributed by atoms with Crippen LogP contribution in [0, 0.1) is 5.82 Å². The van der Waals surface area contributed by atoms with Gasteiger partial charge in [0.2, 0.25) is 15.3 Å². The second-order valence-corrected chi connectivity index (χ2v) is 13.0. The number of hydrogen-bond acceptors (Lipinski definition) is 10. The van der Waals surface area contributed by atoms with E-state index < -0.39 is 50.3 Å². The molecule has 0 radical (unpaired) electrons. The molecule has 2 atom stereocenters. The number of amides is 1. The third-order valence-electron chi connectivity index (χ3n) is 7.97. The zero-order chi connectivity index (χ0) is 31.3. The molecule has 1 N–H and O–H groups in total. The number of nitrogens with zero attached hydrogens (tertiary/aromatic N) is 5. The number of carbonyl (C=O) groups is 1. The van der Waals surface area contributed by atoms with Gasteiger partial charge in [0.15, 0.2) is 23.1 Å². The van der Waals surface area contributed by atoms with Gasteiger partial charge < -0.3 is 24.6 Å². The molecule has 0 aliphatic carbocycles. The molecule has 11 nitrogen and oxygen atoms in total. The van der Waals surface area contributed by atoms with Crippen molar-refractivity contribution in [3.05, 3.63) is 65.9 Å². The number of halogens is 4. The van der Waals surface area contributed by atoms with E-state index in [1.165, 1.54) is 0 Å². The van der Waals surface area contributed by atoms with Crippen LogP contribution in [0.3, 0.4) is 0 Å². The first kappa shape index (κ1) is 31.3. The molecule has 4 aromatic rings. The molecule has 0 saturated carbocycles. The Labute approximate surface area is 262 Å². The Hall–Kier alpha value is -4.73. The average molecular weight is 663 g/mol. The number of benzene rings is 1. The van der Waals surface area contributed by atoms with Gasteiger partial charge in [-0.25, -0.2) is 31.6 Å². The van der Waals surface area contributed by atoms with Crippen LogP contribution >= 0.6 is 0 Å². The quantitative estimate of drug-likeness (QED) is 0.307. The lowest BCUT2D eigenvalue weighted by Crippen LogP contribution is -2.30. The van der Waals surface area contributed by atoms with E-state index in [0.717, 1.165) is 23.2 Å². The van der Waals surface area contributed by atoms with Crippen molar-refractivity contribution < 1.29 is 42.0 Å². The van der Waals surface area contributed by atoms with E-state index in [-0.39, 0.29) is 24.8 Å². The first-order valence-electron chi connectivity index (χ1n) is 14.3. The van der Waals surface area contributed by atoms with Crippen molar-refractivity contribution in [1.82, 2.24) is 20.3 Å². The number of carbonyl (C=O) groups excluding carboxylic acids is 1. The van der Waals surface area contributed by atoms with Crippen LogP contribution in [0.5, 0.6) is 11.5 Å². The summed E-state index contributed by atoms with van der Waals surface area (Å²) in [6, 6.07) is 9.04. The zero-order valence-corrected chi connectivity index (χ0v) is 25.0. The van der Waals surface area contributed by atoms with Crippen molar-refractivity contribution in [3.63, 3.8) is 0 Å². The summed E-state index contributed by atoms with van der Waals surface area (Å²) >= 11 is 0. The van der Waals surface area contributed by atoms with Crippen LogP contribution in [-0.4, -0.2) is 73.8 Å². The van der Waals surface area contributed by atoms with Gasteiger partial charge in [0.1, 0.15) is 23.5 Å². The van der Waals surface area contributed by atoms with Crippen LogP contribution < -0.4 is 24.6 Å². The molecule has 0 spiro atoms. The molecule has 244 valence electrons. The number of sulfone groups is 1. The van der Waals surface area contributed by atoms with Crippen molar-refractivity contribution in [1.29, 1.82) is 0 Å². The largest absolute Gasteiger partial charge is 0.489 e. The summed E-state index contributed by atoms with van der Waals surface area (Å²) < 4.78 is 78.8. The summed E-state index contributed by atoms with van der Waals surface area (Å²) in [7, 11) is -4.53. The van der Waals surface area contributed by atoms with Crippen molar-refractivity contribution in [2.24, 2.45) is 0 Å². The van der Waals surface area contributed by atoms with Crippen LogP contribution in [0.25, 0.3) is 10.9 Å². The molecule has 3 aliphatic rings. The first-order valence-corrected chi connectivity index (χ1v) is 15.9. The summed E-state index contributed by atoms with van der Waals surface area (Å²) in [4.78, 5) is 29.9. The van der Waals surface area contributed by atoms with Crippen LogP contribution in [0.1, 0.15) is 30.3 Å². The third kappa shape index (κ3) is 5.72. The van der Waals surface area contributed by atoms with E-state index in [9.17, 15) is 26.4 Å². The van der Waals surface area contributed by atoms with Gasteiger partial charge >= 0.3 is 0 Å². The van der Waals surface area contributed by atoms with Gasteiger partial charge in [-0.2, -0.15) is 0 Å². The summed E-state index contributed by atoms with van der Waals surface area (Å²) in [6.07, 6.45) is 2.49. The van der Waals surface area contributed by atoms with E-state index in [4.69, 9.17) is 14.5 Å². The Bertz CT molecular complexity index is 1940. The highest BCUT2D eigenvalue weighted by Crippen LogP contribution is 2.38. The first-order chi connectivity index (χ1) is 21.7. The molecular formula is C30H30F4N6O5S. The second-order valence-electron chi connectivity index (χ2n) is 10.9. The molecule has 1 aromatic carbocycles. The fourth-order valence-corrected chi connectivity index (χ4v) is 6.99. The molecular weight excluding hydrogens is 632 g/mol. The van der Waals surface area contributed by atoms with E-state index >= 15 is 0 Å². The maximum absolute atomic E-state index is 14.7. The van der Waals surface area contributed by atoms with Crippen LogP contribution in [0.15, 0.2) is 53.7 Å². The summed E-state index contributed by atoms with van der Waals surface area (Å²) in [5.74, 6) is -0.652. The number of hydrogen-bond donors (Lipinski definition) is 1. The maximum atomic E-state index is 14.7. The average Bonchev–Trinajstić information content (AvgIpc) is 3.44. The molecule has 1 fully saturated rings. The van der Waals surface area contributed by atoms with Gasteiger partial charge in [0.25, 0.3) is 5.91 Å². The molecule has 6 heterocycles.